The van der Waals surface area contributed by atoms with Crippen molar-refractivity contribution in [2.45, 2.75) is 39.2 Å². The molecule has 1 N–H and O–H groups in total. The molecule has 0 fully saturated rings. The van der Waals surface area contributed by atoms with Crippen molar-refractivity contribution in [1.82, 2.24) is 9.97 Å². The number of rotatable bonds is 6. The van der Waals surface area contributed by atoms with E-state index in [0.29, 0.717) is 0 Å². The first-order valence-corrected chi connectivity index (χ1v) is 7.56. The molecule has 4 nitrogen and oxygen atoms in total. The van der Waals surface area contributed by atoms with Crippen LogP contribution in [0.3, 0.4) is 0 Å². The minimum Gasteiger partial charge on any atom is -0.373 e. The highest BCUT2D eigenvalue weighted by atomic mass is 32.1. The van der Waals surface area contributed by atoms with Gasteiger partial charge >= 0.3 is 0 Å². The van der Waals surface area contributed by atoms with Crippen LogP contribution in [0, 0.1) is 0 Å². The second-order valence-corrected chi connectivity index (χ2v) is 5.59. The predicted molar refractivity (Wildman–Crippen MR) is 81.0 cm³/mol. The smallest absolute Gasteiger partial charge is 0.161 e. The molecule has 0 aliphatic heterocycles. The average molecular weight is 279 g/mol. The monoisotopic (exact) mass is 279 g/mol. The van der Waals surface area contributed by atoms with E-state index in [1.807, 2.05) is 7.05 Å². The van der Waals surface area contributed by atoms with Gasteiger partial charge in [-0.05, 0) is 18.9 Å². The van der Waals surface area contributed by atoms with Crippen LogP contribution in [0.4, 0.5) is 5.82 Å². The summed E-state index contributed by atoms with van der Waals surface area (Å²) >= 11 is 1.74. The number of aromatic nitrogens is 2. The third-order valence-corrected chi connectivity index (χ3v) is 4.34. The number of fused-ring (bicyclic) bond motifs is 1. The fourth-order valence-electron chi connectivity index (χ4n) is 2.11. The van der Waals surface area contributed by atoms with Gasteiger partial charge in [-0.2, -0.15) is 0 Å². The Morgan fingerprint density at radius 3 is 2.74 bits per heavy atom. The average Bonchev–Trinajstić information content (AvgIpc) is 2.86. The summed E-state index contributed by atoms with van der Waals surface area (Å²) in [6.07, 6.45) is 3.01. The first-order chi connectivity index (χ1) is 9.23. The maximum Gasteiger partial charge on any atom is 0.161 e. The molecule has 2 rings (SSSR count). The number of methoxy groups -OCH3 is 1. The SMILES string of the molecule is CCCC(OC)c1nc(NC)c2cc(CC)sc2n1. The highest BCUT2D eigenvalue weighted by Crippen LogP contribution is 2.31. The number of aryl methyl sites for hydroxylation is 1. The highest BCUT2D eigenvalue weighted by molar-refractivity contribution is 7.18. The van der Waals surface area contributed by atoms with E-state index in [2.05, 4.69) is 35.2 Å². The topological polar surface area (TPSA) is 47.0 Å². The first kappa shape index (κ1) is 14.2. The highest BCUT2D eigenvalue weighted by Gasteiger charge is 2.17. The molecular formula is C14H21N3OS. The largest absolute Gasteiger partial charge is 0.373 e. The maximum absolute atomic E-state index is 5.51. The predicted octanol–water partition coefficient (Wildman–Crippen LogP) is 3.78. The van der Waals surface area contributed by atoms with E-state index in [4.69, 9.17) is 4.74 Å². The van der Waals surface area contributed by atoms with Gasteiger partial charge in [0.2, 0.25) is 0 Å². The van der Waals surface area contributed by atoms with Crippen LogP contribution < -0.4 is 5.32 Å². The number of nitrogens with one attached hydrogen (secondary N) is 1. The molecule has 1 atom stereocenters. The summed E-state index contributed by atoms with van der Waals surface area (Å²) in [6.45, 7) is 4.30. The minimum absolute atomic E-state index is 0.0197. The Bertz CT molecular complexity index is 553. The van der Waals surface area contributed by atoms with Gasteiger partial charge in [-0.1, -0.05) is 20.3 Å². The van der Waals surface area contributed by atoms with Crippen LogP contribution in [0.1, 0.15) is 43.5 Å². The summed E-state index contributed by atoms with van der Waals surface area (Å²) in [5, 5.41) is 4.28. The molecule has 0 spiro atoms. The van der Waals surface area contributed by atoms with Gasteiger partial charge in [0.1, 0.15) is 16.8 Å². The van der Waals surface area contributed by atoms with Crippen LogP contribution in [-0.2, 0) is 11.2 Å². The van der Waals surface area contributed by atoms with Crippen LogP contribution in [0.2, 0.25) is 0 Å². The molecule has 0 aromatic carbocycles. The van der Waals surface area contributed by atoms with Gasteiger partial charge in [-0.3, -0.25) is 0 Å². The zero-order chi connectivity index (χ0) is 13.8. The van der Waals surface area contributed by atoms with Gasteiger partial charge in [0, 0.05) is 19.0 Å². The molecule has 0 saturated carbocycles. The van der Waals surface area contributed by atoms with E-state index in [1.54, 1.807) is 18.4 Å². The van der Waals surface area contributed by atoms with Crippen molar-refractivity contribution in [1.29, 1.82) is 0 Å². The number of nitrogens with zero attached hydrogens (tertiary/aromatic N) is 2. The lowest BCUT2D eigenvalue weighted by Crippen LogP contribution is -2.08. The number of thiophene rings is 1. The van der Waals surface area contributed by atoms with Crippen LogP contribution >= 0.6 is 11.3 Å². The molecule has 0 saturated heterocycles. The summed E-state index contributed by atoms with van der Waals surface area (Å²) < 4.78 is 5.51. The van der Waals surface area contributed by atoms with E-state index >= 15 is 0 Å². The first-order valence-electron chi connectivity index (χ1n) is 6.74. The standard InChI is InChI=1S/C14H21N3OS/c1-5-7-11(18-4)13-16-12(15-3)10-8-9(6-2)19-14(10)17-13/h8,11H,5-7H2,1-4H3,(H,15,16,17). The fourth-order valence-corrected chi connectivity index (χ4v) is 3.09. The van der Waals surface area contributed by atoms with Gasteiger partial charge < -0.3 is 10.1 Å². The molecular weight excluding hydrogens is 258 g/mol. The summed E-state index contributed by atoms with van der Waals surface area (Å²) in [5.41, 5.74) is 0. The summed E-state index contributed by atoms with van der Waals surface area (Å²) in [6, 6.07) is 2.18. The van der Waals surface area contributed by atoms with Crippen LogP contribution in [0.15, 0.2) is 6.07 Å². The Balaban J connectivity index is 2.51. The number of hydrogen-bond donors (Lipinski definition) is 1. The van der Waals surface area contributed by atoms with Gasteiger partial charge in [-0.15, -0.1) is 11.3 Å². The van der Waals surface area contributed by atoms with E-state index in [1.165, 1.54) is 4.88 Å². The molecule has 2 aromatic heterocycles. The lowest BCUT2D eigenvalue weighted by atomic mass is 10.2. The lowest BCUT2D eigenvalue weighted by Gasteiger charge is -2.14. The maximum atomic E-state index is 5.51. The van der Waals surface area contributed by atoms with Gasteiger partial charge in [0.05, 0.1) is 5.39 Å². The van der Waals surface area contributed by atoms with Gasteiger partial charge in [-0.25, -0.2) is 9.97 Å². The van der Waals surface area contributed by atoms with Crippen molar-refractivity contribution in [3.63, 3.8) is 0 Å². The molecule has 0 bridgehead atoms. The minimum atomic E-state index is -0.0197. The van der Waals surface area contributed by atoms with Gasteiger partial charge in [0.25, 0.3) is 0 Å². The van der Waals surface area contributed by atoms with Crippen molar-refractivity contribution in [2.24, 2.45) is 0 Å². The fraction of sp³-hybridized carbons (Fsp3) is 0.571. The second-order valence-electron chi connectivity index (χ2n) is 4.48. The zero-order valence-electron chi connectivity index (χ0n) is 12.0. The quantitative estimate of drug-likeness (QED) is 0.874. The molecule has 0 radical (unpaired) electrons. The van der Waals surface area contributed by atoms with E-state index in [-0.39, 0.29) is 6.10 Å². The van der Waals surface area contributed by atoms with Crippen molar-refractivity contribution in [3.05, 3.63) is 16.8 Å². The Morgan fingerprint density at radius 2 is 2.16 bits per heavy atom. The summed E-state index contributed by atoms with van der Waals surface area (Å²) in [4.78, 5) is 11.7. The van der Waals surface area contributed by atoms with Gasteiger partial charge in [0.15, 0.2) is 5.82 Å². The third-order valence-electron chi connectivity index (χ3n) is 3.17. The Hall–Kier alpha value is -1.20. The molecule has 19 heavy (non-hydrogen) atoms. The molecule has 104 valence electrons. The van der Waals surface area contributed by atoms with Crippen LogP contribution in [0.25, 0.3) is 10.2 Å². The van der Waals surface area contributed by atoms with E-state index < -0.39 is 0 Å². The molecule has 2 heterocycles. The number of hydrogen-bond acceptors (Lipinski definition) is 5. The van der Waals surface area contributed by atoms with Crippen molar-refractivity contribution >= 4 is 27.4 Å². The molecule has 5 heteroatoms. The Labute approximate surface area is 118 Å². The van der Waals surface area contributed by atoms with Crippen molar-refractivity contribution in [3.8, 4) is 0 Å². The zero-order valence-corrected chi connectivity index (χ0v) is 12.8. The van der Waals surface area contributed by atoms with E-state index in [0.717, 1.165) is 41.1 Å². The lowest BCUT2D eigenvalue weighted by molar-refractivity contribution is 0.0881. The Morgan fingerprint density at radius 1 is 1.37 bits per heavy atom. The molecule has 0 aliphatic carbocycles. The molecule has 0 amide bonds. The summed E-state index contributed by atoms with van der Waals surface area (Å²) in [5.74, 6) is 1.68. The Kier molecular flexibility index (Phi) is 4.71. The normalized spacial score (nSPS) is 12.8. The molecule has 0 aliphatic rings. The molecule has 2 aromatic rings. The van der Waals surface area contributed by atoms with E-state index in [9.17, 15) is 0 Å². The number of anilines is 1. The summed E-state index contributed by atoms with van der Waals surface area (Å²) in [7, 11) is 3.62. The molecule has 1 unspecified atom stereocenters. The van der Waals surface area contributed by atoms with Crippen molar-refractivity contribution in [2.75, 3.05) is 19.5 Å². The van der Waals surface area contributed by atoms with Crippen LogP contribution in [0.5, 0.6) is 0 Å². The number of ether oxygens (including phenoxy) is 1. The third kappa shape index (κ3) is 2.87. The van der Waals surface area contributed by atoms with Crippen LogP contribution in [-0.4, -0.2) is 24.1 Å². The van der Waals surface area contributed by atoms with Crippen molar-refractivity contribution < 1.29 is 4.74 Å². The second kappa shape index (κ2) is 6.30.